The van der Waals surface area contributed by atoms with Crippen molar-refractivity contribution >= 4 is 49.5 Å². The van der Waals surface area contributed by atoms with Gasteiger partial charge in [-0.2, -0.15) is 8.42 Å². The fourth-order valence-corrected chi connectivity index (χ4v) is 7.66. The summed E-state index contributed by atoms with van der Waals surface area (Å²) in [6.07, 6.45) is 7.98. The van der Waals surface area contributed by atoms with Crippen LogP contribution in [0.15, 0.2) is 27.5 Å². The van der Waals surface area contributed by atoms with Crippen molar-refractivity contribution < 1.29 is 26.4 Å². The molecule has 4 atom stereocenters. The molecule has 0 saturated heterocycles. The molecule has 35 heavy (non-hydrogen) atoms. The topological polar surface area (TPSA) is 142 Å². The van der Waals surface area contributed by atoms with Crippen LogP contribution in [0.5, 0.6) is 0 Å². The Kier molecular flexibility index (Phi) is 6.15. The minimum Gasteiger partial charge on any atom is -0.341 e. The lowest BCUT2D eigenvalue weighted by atomic mass is 9.84. The highest BCUT2D eigenvalue weighted by Gasteiger charge is 2.51. The van der Waals surface area contributed by atoms with E-state index in [4.69, 9.17) is 0 Å². The molecule has 190 valence electrons. The Morgan fingerprint density at radius 1 is 1.23 bits per heavy atom. The third-order valence-corrected chi connectivity index (χ3v) is 9.60. The van der Waals surface area contributed by atoms with E-state index in [0.29, 0.717) is 24.3 Å². The van der Waals surface area contributed by atoms with Crippen LogP contribution in [0.4, 0.5) is 11.4 Å². The Morgan fingerprint density at radius 2 is 1.97 bits per heavy atom. The summed E-state index contributed by atoms with van der Waals surface area (Å²) < 4.78 is 54.8. The average Bonchev–Trinajstić information content (AvgIpc) is 3.37. The first-order chi connectivity index (χ1) is 16.5. The third-order valence-electron chi connectivity index (χ3n) is 7.64. The Labute approximate surface area is 205 Å². The fraction of sp³-hybridized carbons (Fsp3) is 0.609. The van der Waals surface area contributed by atoms with Gasteiger partial charge in [0.15, 0.2) is 0 Å². The number of nitrogens with one attached hydrogen (secondary N) is 2. The summed E-state index contributed by atoms with van der Waals surface area (Å²) in [6.45, 7) is 0.568. The van der Waals surface area contributed by atoms with Crippen LogP contribution in [0, 0.1) is 23.7 Å². The quantitative estimate of drug-likeness (QED) is 0.474. The van der Waals surface area contributed by atoms with Crippen LogP contribution in [0.3, 0.4) is 0 Å². The number of anilines is 2. The minimum atomic E-state index is -4.14. The second kappa shape index (κ2) is 8.88. The number of rotatable bonds is 9. The standard InChI is InChI=1S/C23H30N4O6S2/c1-34(30,31)25-17-6-7-19-20(11-17)35(32,33)26-21(24-19)12-22(29)27(9-8-14-2-3-14)23-16-5-4-15(10-16)18(23)13-28/h6-7,11,13-16,18,23,25H,2-5,8-10,12H2,1H3,(H,24,26)/t15-,16+,18?,23?/m0/s1. The lowest BCUT2D eigenvalue weighted by molar-refractivity contribution is -0.135. The maximum atomic E-state index is 13.5. The van der Waals surface area contributed by atoms with Gasteiger partial charge in [0.05, 0.1) is 18.4 Å². The van der Waals surface area contributed by atoms with Crippen LogP contribution in [-0.4, -0.2) is 58.6 Å². The Balaban J connectivity index is 1.36. The SMILES string of the molecule is CS(=O)(=O)Nc1ccc2c(c1)S(=O)(=O)N=C(CC(=O)N(CCC1CC1)C1C(C=O)[C@H]3CC[C@@H]1C3)N2. The number of aldehydes is 1. The van der Waals surface area contributed by atoms with E-state index in [-0.39, 0.29) is 46.4 Å². The summed E-state index contributed by atoms with van der Waals surface area (Å²) in [6, 6.07) is 3.96. The molecule has 2 unspecified atom stereocenters. The molecule has 1 aromatic rings. The zero-order valence-electron chi connectivity index (χ0n) is 19.5. The molecule has 2 N–H and O–H groups in total. The number of benzene rings is 1. The van der Waals surface area contributed by atoms with Gasteiger partial charge in [0.2, 0.25) is 15.9 Å². The summed E-state index contributed by atoms with van der Waals surface area (Å²) in [7, 11) is -7.71. The number of sulfonamides is 2. The van der Waals surface area contributed by atoms with Gasteiger partial charge in [0.1, 0.15) is 17.0 Å². The van der Waals surface area contributed by atoms with Crippen LogP contribution in [0.1, 0.15) is 44.9 Å². The molecule has 5 rings (SSSR count). The largest absolute Gasteiger partial charge is 0.341 e. The van der Waals surface area contributed by atoms with Crippen LogP contribution in [0.2, 0.25) is 0 Å². The maximum absolute atomic E-state index is 13.5. The number of hydrogen-bond acceptors (Lipinski definition) is 7. The van der Waals surface area contributed by atoms with Gasteiger partial charge in [0.25, 0.3) is 10.0 Å². The van der Waals surface area contributed by atoms with E-state index >= 15 is 0 Å². The molecule has 0 spiro atoms. The predicted octanol–water partition coefficient (Wildman–Crippen LogP) is 2.20. The smallest absolute Gasteiger partial charge is 0.286 e. The number of nitrogens with zero attached hydrogens (tertiary/aromatic N) is 2. The van der Waals surface area contributed by atoms with Crippen molar-refractivity contribution in [3.05, 3.63) is 18.2 Å². The lowest BCUT2D eigenvalue weighted by Gasteiger charge is -2.38. The van der Waals surface area contributed by atoms with E-state index in [9.17, 15) is 26.4 Å². The van der Waals surface area contributed by atoms with Crippen molar-refractivity contribution in [3.63, 3.8) is 0 Å². The van der Waals surface area contributed by atoms with E-state index in [1.807, 2.05) is 4.90 Å². The second-order valence-corrected chi connectivity index (χ2v) is 13.6. The van der Waals surface area contributed by atoms with Gasteiger partial charge in [-0.15, -0.1) is 4.40 Å². The van der Waals surface area contributed by atoms with Crippen molar-refractivity contribution in [2.75, 3.05) is 22.8 Å². The maximum Gasteiger partial charge on any atom is 0.286 e. The van der Waals surface area contributed by atoms with Gasteiger partial charge in [-0.05, 0) is 61.6 Å². The van der Waals surface area contributed by atoms with Gasteiger partial charge in [-0.3, -0.25) is 9.52 Å². The molecule has 2 bridgehead atoms. The molecule has 12 heteroatoms. The first kappa shape index (κ1) is 24.2. The van der Waals surface area contributed by atoms with Crippen molar-refractivity contribution in [3.8, 4) is 0 Å². The molecular weight excluding hydrogens is 492 g/mol. The van der Waals surface area contributed by atoms with E-state index in [1.165, 1.54) is 18.2 Å². The van der Waals surface area contributed by atoms with Crippen molar-refractivity contribution in [2.24, 2.45) is 28.1 Å². The van der Waals surface area contributed by atoms with Crippen LogP contribution in [-0.2, 0) is 29.6 Å². The summed E-state index contributed by atoms with van der Waals surface area (Å²) in [5.74, 6) is 0.883. The molecule has 3 fully saturated rings. The summed E-state index contributed by atoms with van der Waals surface area (Å²) in [5, 5.41) is 2.93. The Bertz CT molecular complexity index is 1290. The molecule has 1 amide bonds. The van der Waals surface area contributed by atoms with E-state index in [1.54, 1.807) is 0 Å². The zero-order chi connectivity index (χ0) is 25.0. The molecule has 0 aromatic heterocycles. The molecule has 1 aromatic carbocycles. The summed E-state index contributed by atoms with van der Waals surface area (Å²) >= 11 is 0. The van der Waals surface area contributed by atoms with Gasteiger partial charge in [0, 0.05) is 24.2 Å². The van der Waals surface area contributed by atoms with E-state index in [0.717, 1.165) is 51.1 Å². The molecule has 3 aliphatic carbocycles. The number of amidine groups is 1. The van der Waals surface area contributed by atoms with Crippen molar-refractivity contribution in [1.29, 1.82) is 0 Å². The van der Waals surface area contributed by atoms with Gasteiger partial charge >= 0.3 is 0 Å². The number of carbonyl (C=O) groups excluding carboxylic acids is 2. The molecule has 4 aliphatic rings. The summed E-state index contributed by atoms with van der Waals surface area (Å²) in [5.41, 5.74) is 0.339. The Hall–Kier alpha value is -2.47. The van der Waals surface area contributed by atoms with Gasteiger partial charge in [-0.25, -0.2) is 8.42 Å². The third kappa shape index (κ3) is 5.09. The first-order valence-electron chi connectivity index (χ1n) is 12.0. The highest BCUT2D eigenvalue weighted by Crippen LogP contribution is 2.50. The molecule has 1 aliphatic heterocycles. The molecule has 10 nitrogen and oxygen atoms in total. The number of fused-ring (bicyclic) bond motifs is 3. The monoisotopic (exact) mass is 522 g/mol. The van der Waals surface area contributed by atoms with Gasteiger partial charge in [-0.1, -0.05) is 12.8 Å². The van der Waals surface area contributed by atoms with Crippen LogP contribution < -0.4 is 10.0 Å². The highest BCUT2D eigenvalue weighted by atomic mass is 32.2. The minimum absolute atomic E-state index is 0.0218. The Morgan fingerprint density at radius 3 is 2.66 bits per heavy atom. The molecule has 0 radical (unpaired) electrons. The number of carbonyl (C=O) groups is 2. The second-order valence-electron chi connectivity index (χ2n) is 10.3. The lowest BCUT2D eigenvalue weighted by Crippen LogP contribution is -2.49. The van der Waals surface area contributed by atoms with E-state index < -0.39 is 20.0 Å². The van der Waals surface area contributed by atoms with Gasteiger partial charge < -0.3 is 15.0 Å². The molecule has 1 heterocycles. The van der Waals surface area contributed by atoms with Crippen LogP contribution >= 0.6 is 0 Å². The average molecular weight is 523 g/mol. The normalized spacial score (nSPS) is 28.5. The fourth-order valence-electron chi connectivity index (χ4n) is 5.94. The highest BCUT2D eigenvalue weighted by molar-refractivity contribution is 7.92. The van der Waals surface area contributed by atoms with Crippen molar-refractivity contribution in [2.45, 2.75) is 55.9 Å². The first-order valence-corrected chi connectivity index (χ1v) is 15.3. The molecular formula is C23H30N4O6S2. The predicted molar refractivity (Wildman–Crippen MR) is 131 cm³/mol. The van der Waals surface area contributed by atoms with Crippen molar-refractivity contribution in [1.82, 2.24) is 4.90 Å². The zero-order valence-corrected chi connectivity index (χ0v) is 21.1. The number of hydrogen-bond donors (Lipinski definition) is 2. The number of amides is 1. The molecule has 3 saturated carbocycles. The van der Waals surface area contributed by atoms with Crippen LogP contribution in [0.25, 0.3) is 0 Å². The summed E-state index contributed by atoms with van der Waals surface area (Å²) in [4.78, 5) is 27.1. The van der Waals surface area contributed by atoms with E-state index in [2.05, 4.69) is 14.4 Å².